The van der Waals surface area contributed by atoms with Crippen molar-refractivity contribution < 1.29 is 8.78 Å². The van der Waals surface area contributed by atoms with Crippen molar-refractivity contribution in [1.29, 1.82) is 0 Å². The van der Waals surface area contributed by atoms with Crippen molar-refractivity contribution in [1.82, 2.24) is 29.5 Å². The summed E-state index contributed by atoms with van der Waals surface area (Å²) in [6.45, 7) is 3.51. The van der Waals surface area contributed by atoms with Crippen LogP contribution < -0.4 is 16.6 Å². The Kier molecular flexibility index (Phi) is 4.73. The van der Waals surface area contributed by atoms with Gasteiger partial charge in [0.25, 0.3) is 5.56 Å². The topological polar surface area (TPSA) is 127 Å². The number of aryl methyl sites for hydroxylation is 1. The lowest BCUT2D eigenvalue weighted by Gasteiger charge is -2.21. The van der Waals surface area contributed by atoms with E-state index in [-0.39, 0.29) is 17.5 Å². The van der Waals surface area contributed by atoms with Crippen molar-refractivity contribution in [2.24, 2.45) is 0 Å². The van der Waals surface area contributed by atoms with Gasteiger partial charge in [-0.15, -0.1) is 0 Å². The predicted molar refractivity (Wildman–Crippen MR) is 120 cm³/mol. The SMILES string of the molecule is Cc1cccc2nc(C(C)Nc3nc(N)nc4nc[nH]c34)n(-c3ccc(F)cc3F)c(=O)c12. The molecule has 1 unspecified atom stereocenters. The summed E-state index contributed by atoms with van der Waals surface area (Å²) >= 11 is 0. The average Bonchev–Trinajstić information content (AvgIpc) is 3.23. The van der Waals surface area contributed by atoms with Gasteiger partial charge < -0.3 is 16.0 Å². The summed E-state index contributed by atoms with van der Waals surface area (Å²) in [7, 11) is 0. The van der Waals surface area contributed by atoms with Crippen LogP contribution in [0.15, 0.2) is 47.5 Å². The summed E-state index contributed by atoms with van der Waals surface area (Å²) in [5, 5.41) is 3.50. The Morgan fingerprint density at radius 1 is 1.15 bits per heavy atom. The maximum absolute atomic E-state index is 14.8. The van der Waals surface area contributed by atoms with Crippen LogP contribution in [0.5, 0.6) is 0 Å². The molecule has 0 fully saturated rings. The minimum absolute atomic E-state index is 0.00775. The van der Waals surface area contributed by atoms with Crippen LogP contribution >= 0.6 is 0 Å². The molecular weight excluding hydrogens is 430 g/mol. The number of nitrogens with zero attached hydrogens (tertiary/aromatic N) is 5. The molecule has 11 heteroatoms. The van der Waals surface area contributed by atoms with Gasteiger partial charge in [-0.2, -0.15) is 9.97 Å². The van der Waals surface area contributed by atoms with E-state index < -0.39 is 23.2 Å². The quantitative estimate of drug-likeness (QED) is 0.384. The number of H-pyrrole nitrogens is 1. The van der Waals surface area contributed by atoms with Crippen molar-refractivity contribution in [2.75, 3.05) is 11.1 Å². The van der Waals surface area contributed by atoms with Gasteiger partial charge in [-0.05, 0) is 37.6 Å². The predicted octanol–water partition coefficient (Wildman–Crippen LogP) is 3.39. The van der Waals surface area contributed by atoms with Gasteiger partial charge in [0.15, 0.2) is 11.5 Å². The standard InChI is InChI=1S/C22H18F2N8O/c1-10-4-3-5-14-16(10)21(33)32(15-7-6-12(23)8-13(15)24)20(29-14)11(2)28-19-17-18(27-9-26-17)30-22(25)31-19/h3-9,11H,1-2H3,(H4,25,26,27,28,30,31). The number of halogens is 2. The van der Waals surface area contributed by atoms with Gasteiger partial charge in [-0.3, -0.25) is 9.36 Å². The Morgan fingerprint density at radius 3 is 2.76 bits per heavy atom. The Labute approximate surface area is 185 Å². The number of hydrogen-bond donors (Lipinski definition) is 3. The zero-order chi connectivity index (χ0) is 23.3. The van der Waals surface area contributed by atoms with E-state index in [0.29, 0.717) is 33.4 Å². The summed E-state index contributed by atoms with van der Waals surface area (Å²) in [6.07, 6.45) is 1.45. The molecule has 33 heavy (non-hydrogen) atoms. The molecule has 3 aromatic heterocycles. The van der Waals surface area contributed by atoms with Crippen LogP contribution in [0.4, 0.5) is 20.5 Å². The first-order chi connectivity index (χ1) is 15.8. The second-order valence-corrected chi connectivity index (χ2v) is 7.57. The molecule has 0 aliphatic carbocycles. The highest BCUT2D eigenvalue weighted by molar-refractivity contribution is 5.84. The molecule has 1 atom stereocenters. The summed E-state index contributed by atoms with van der Waals surface area (Å²) in [4.78, 5) is 33.5. The Hall–Kier alpha value is -4.41. The second kappa shape index (κ2) is 7.62. The molecule has 166 valence electrons. The number of anilines is 2. The number of fused-ring (bicyclic) bond motifs is 2. The molecule has 0 aliphatic rings. The van der Waals surface area contributed by atoms with Gasteiger partial charge in [-0.25, -0.2) is 18.7 Å². The molecule has 9 nitrogen and oxygen atoms in total. The van der Waals surface area contributed by atoms with E-state index >= 15 is 0 Å². The lowest BCUT2D eigenvalue weighted by Crippen LogP contribution is -2.28. The maximum Gasteiger partial charge on any atom is 0.266 e. The van der Waals surface area contributed by atoms with Crippen LogP contribution in [0, 0.1) is 18.6 Å². The third kappa shape index (κ3) is 3.43. The van der Waals surface area contributed by atoms with E-state index in [9.17, 15) is 13.6 Å². The van der Waals surface area contributed by atoms with Crippen LogP contribution in [-0.2, 0) is 0 Å². The maximum atomic E-state index is 14.8. The number of aromatic amines is 1. The fourth-order valence-electron chi connectivity index (χ4n) is 3.82. The third-order valence-corrected chi connectivity index (χ3v) is 5.33. The molecule has 0 saturated heterocycles. The number of rotatable bonds is 4. The lowest BCUT2D eigenvalue weighted by molar-refractivity contribution is 0.572. The molecular formula is C22H18F2N8O. The molecule has 5 aromatic rings. The van der Waals surface area contributed by atoms with Gasteiger partial charge >= 0.3 is 0 Å². The summed E-state index contributed by atoms with van der Waals surface area (Å²) in [5.41, 5.74) is 7.23. The van der Waals surface area contributed by atoms with Crippen LogP contribution in [0.25, 0.3) is 27.8 Å². The zero-order valence-electron chi connectivity index (χ0n) is 17.6. The van der Waals surface area contributed by atoms with Crippen LogP contribution in [0.1, 0.15) is 24.4 Å². The third-order valence-electron chi connectivity index (χ3n) is 5.33. The highest BCUT2D eigenvalue weighted by Crippen LogP contribution is 2.26. The lowest BCUT2D eigenvalue weighted by atomic mass is 10.1. The molecule has 0 bridgehead atoms. The molecule has 3 heterocycles. The first-order valence-corrected chi connectivity index (χ1v) is 10.0. The fourth-order valence-corrected chi connectivity index (χ4v) is 3.82. The normalized spacial score (nSPS) is 12.4. The summed E-state index contributed by atoms with van der Waals surface area (Å²) in [5.74, 6) is -1.09. The largest absolute Gasteiger partial charge is 0.368 e. The van der Waals surface area contributed by atoms with E-state index in [1.54, 1.807) is 32.0 Å². The first-order valence-electron chi connectivity index (χ1n) is 10.0. The molecule has 0 spiro atoms. The highest BCUT2D eigenvalue weighted by atomic mass is 19.1. The number of imidazole rings is 1. The molecule has 0 amide bonds. The molecule has 5 rings (SSSR count). The van der Waals surface area contributed by atoms with Crippen molar-refractivity contribution in [3.05, 3.63) is 76.1 Å². The van der Waals surface area contributed by atoms with Crippen molar-refractivity contribution >= 4 is 33.8 Å². The van der Waals surface area contributed by atoms with Gasteiger partial charge in [0.1, 0.15) is 23.0 Å². The minimum atomic E-state index is -0.887. The van der Waals surface area contributed by atoms with E-state index in [1.807, 2.05) is 0 Å². The van der Waals surface area contributed by atoms with E-state index in [2.05, 4.69) is 30.2 Å². The smallest absolute Gasteiger partial charge is 0.266 e. The summed E-state index contributed by atoms with van der Waals surface area (Å²) in [6, 6.07) is 7.65. The number of nitrogens with two attached hydrogens (primary N) is 1. The zero-order valence-corrected chi connectivity index (χ0v) is 17.6. The number of benzene rings is 2. The first kappa shape index (κ1) is 20.5. The molecule has 0 saturated carbocycles. The monoisotopic (exact) mass is 448 g/mol. The Balaban J connectivity index is 1.74. The van der Waals surface area contributed by atoms with E-state index in [0.717, 1.165) is 16.7 Å². The van der Waals surface area contributed by atoms with Gasteiger partial charge in [0.2, 0.25) is 5.95 Å². The molecule has 4 N–H and O–H groups in total. The van der Waals surface area contributed by atoms with E-state index in [1.165, 1.54) is 12.4 Å². The highest BCUT2D eigenvalue weighted by Gasteiger charge is 2.22. The second-order valence-electron chi connectivity index (χ2n) is 7.57. The van der Waals surface area contributed by atoms with Crippen LogP contribution in [-0.4, -0.2) is 29.5 Å². The van der Waals surface area contributed by atoms with Crippen LogP contribution in [0.2, 0.25) is 0 Å². The van der Waals surface area contributed by atoms with Gasteiger partial charge in [-0.1, -0.05) is 12.1 Å². The van der Waals surface area contributed by atoms with Gasteiger partial charge in [0.05, 0.1) is 29.0 Å². The van der Waals surface area contributed by atoms with Crippen molar-refractivity contribution in [3.8, 4) is 5.69 Å². The Bertz CT molecular complexity index is 1590. The minimum Gasteiger partial charge on any atom is -0.368 e. The van der Waals surface area contributed by atoms with Crippen LogP contribution in [0.3, 0.4) is 0 Å². The van der Waals surface area contributed by atoms with Gasteiger partial charge in [0, 0.05) is 6.07 Å². The molecule has 0 aliphatic heterocycles. The molecule has 0 radical (unpaired) electrons. The Morgan fingerprint density at radius 2 is 1.97 bits per heavy atom. The summed E-state index contributed by atoms with van der Waals surface area (Å²) < 4.78 is 29.5. The van der Waals surface area contributed by atoms with Crippen molar-refractivity contribution in [3.63, 3.8) is 0 Å². The average molecular weight is 448 g/mol. The van der Waals surface area contributed by atoms with Crippen molar-refractivity contribution in [2.45, 2.75) is 19.9 Å². The fraction of sp³-hybridized carbons (Fsp3) is 0.136. The number of nitrogen functional groups attached to an aromatic ring is 1. The van der Waals surface area contributed by atoms with E-state index in [4.69, 9.17) is 5.73 Å². The number of aromatic nitrogens is 6. The number of hydrogen-bond acceptors (Lipinski definition) is 7. The molecule has 2 aromatic carbocycles. The number of nitrogens with one attached hydrogen (secondary N) is 2.